The summed E-state index contributed by atoms with van der Waals surface area (Å²) in [6.45, 7) is 0. The van der Waals surface area contributed by atoms with Crippen LogP contribution in [0.4, 0.5) is 10.1 Å². The Labute approximate surface area is 90.7 Å². The Bertz CT molecular complexity index is 385. The Kier molecular flexibility index (Phi) is 3.10. The molecule has 0 aliphatic heterocycles. The first-order valence-corrected chi connectivity index (χ1v) is 4.47. The van der Waals surface area contributed by atoms with E-state index in [-0.39, 0.29) is 14.5 Å². The number of halogens is 4. The fourth-order valence-corrected chi connectivity index (χ4v) is 1.43. The monoisotopic (exact) mass is 287 g/mol. The van der Waals surface area contributed by atoms with Crippen LogP contribution in [-0.4, -0.2) is 4.92 Å². The molecule has 0 aromatic heterocycles. The molecule has 0 amide bonds. The summed E-state index contributed by atoms with van der Waals surface area (Å²) in [6, 6.07) is 0.896. The summed E-state index contributed by atoms with van der Waals surface area (Å²) in [6.07, 6.45) is 0. The number of nitrogens with zero attached hydrogens (tertiary/aromatic N) is 1. The molecule has 0 bridgehead atoms. The molecule has 0 spiro atoms. The van der Waals surface area contributed by atoms with E-state index >= 15 is 0 Å². The summed E-state index contributed by atoms with van der Waals surface area (Å²) < 4.78 is 13.1. The van der Waals surface area contributed by atoms with Crippen molar-refractivity contribution >= 4 is 44.8 Å². The Morgan fingerprint density at radius 2 is 2.08 bits per heavy atom. The highest BCUT2D eigenvalue weighted by atomic mass is 79.9. The predicted octanol–water partition coefficient (Wildman–Crippen LogP) is 3.80. The number of hydrogen-bond donors (Lipinski definition) is 0. The summed E-state index contributed by atoms with van der Waals surface area (Å²) in [5.41, 5.74) is -0.738. The van der Waals surface area contributed by atoms with Gasteiger partial charge in [0, 0.05) is 6.07 Å². The first-order chi connectivity index (χ1) is 5.95. The van der Waals surface area contributed by atoms with Gasteiger partial charge in [0.15, 0.2) is 0 Å². The highest BCUT2D eigenvalue weighted by molar-refractivity contribution is 9.10. The van der Waals surface area contributed by atoms with Crippen LogP contribution in [0.3, 0.4) is 0 Å². The third-order valence-corrected chi connectivity index (χ3v) is 3.21. The van der Waals surface area contributed by atoms with E-state index in [2.05, 4.69) is 15.9 Å². The second-order valence-corrected chi connectivity index (χ2v) is 3.65. The number of hydrogen-bond acceptors (Lipinski definition) is 2. The molecule has 1 rings (SSSR count). The van der Waals surface area contributed by atoms with Crippen LogP contribution in [0.25, 0.3) is 0 Å². The topological polar surface area (TPSA) is 43.1 Å². The zero-order valence-corrected chi connectivity index (χ0v) is 8.95. The second kappa shape index (κ2) is 3.77. The molecular formula is C6HBrCl2FNO2. The highest BCUT2D eigenvalue weighted by Crippen LogP contribution is 2.37. The van der Waals surface area contributed by atoms with Gasteiger partial charge in [0.05, 0.1) is 19.4 Å². The van der Waals surface area contributed by atoms with Gasteiger partial charge in [-0.3, -0.25) is 10.1 Å². The molecule has 1 aromatic carbocycles. The van der Waals surface area contributed by atoms with Gasteiger partial charge in [0.1, 0.15) is 0 Å². The lowest BCUT2D eigenvalue weighted by molar-refractivity contribution is -0.387. The summed E-state index contributed by atoms with van der Waals surface area (Å²) in [4.78, 5) is 9.38. The van der Waals surface area contributed by atoms with Crippen LogP contribution in [0.2, 0.25) is 10.0 Å². The van der Waals surface area contributed by atoms with Crippen LogP contribution in [0, 0.1) is 15.9 Å². The van der Waals surface area contributed by atoms with Crippen LogP contribution in [0.1, 0.15) is 0 Å². The van der Waals surface area contributed by atoms with Crippen LogP contribution in [0.15, 0.2) is 10.5 Å². The molecular weight excluding hydrogens is 288 g/mol. The molecule has 3 nitrogen and oxygen atoms in total. The number of nitro benzene ring substituents is 1. The van der Waals surface area contributed by atoms with E-state index in [1.54, 1.807) is 0 Å². The lowest BCUT2D eigenvalue weighted by Gasteiger charge is -2.00. The van der Waals surface area contributed by atoms with Crippen LogP contribution in [0.5, 0.6) is 0 Å². The normalized spacial score (nSPS) is 10.2. The maximum Gasteiger partial charge on any atom is 0.307 e. The molecule has 0 heterocycles. The lowest BCUT2D eigenvalue weighted by Crippen LogP contribution is -1.94. The molecule has 0 unspecified atom stereocenters. The highest BCUT2D eigenvalue weighted by Gasteiger charge is 2.21. The maximum atomic E-state index is 13.0. The van der Waals surface area contributed by atoms with Crippen molar-refractivity contribution in [1.29, 1.82) is 0 Å². The van der Waals surface area contributed by atoms with Crippen molar-refractivity contribution in [2.24, 2.45) is 0 Å². The summed E-state index contributed by atoms with van der Waals surface area (Å²) in [5, 5.41) is 9.88. The largest absolute Gasteiger partial charge is 0.307 e. The van der Waals surface area contributed by atoms with Gasteiger partial charge in [-0.05, 0) is 15.9 Å². The van der Waals surface area contributed by atoms with Crippen molar-refractivity contribution in [1.82, 2.24) is 0 Å². The van der Waals surface area contributed by atoms with Crippen molar-refractivity contribution in [3.63, 3.8) is 0 Å². The van der Waals surface area contributed by atoms with Crippen LogP contribution >= 0.6 is 39.1 Å². The molecule has 0 radical (unpaired) electrons. The molecule has 0 fully saturated rings. The van der Waals surface area contributed by atoms with E-state index in [1.165, 1.54) is 0 Å². The van der Waals surface area contributed by atoms with Gasteiger partial charge < -0.3 is 0 Å². The Hall–Kier alpha value is -0.390. The Morgan fingerprint density at radius 1 is 1.54 bits per heavy atom. The minimum Gasteiger partial charge on any atom is -0.258 e. The van der Waals surface area contributed by atoms with Crippen molar-refractivity contribution in [3.8, 4) is 0 Å². The van der Waals surface area contributed by atoms with Gasteiger partial charge in [0.25, 0.3) is 0 Å². The van der Waals surface area contributed by atoms with Crippen LogP contribution in [-0.2, 0) is 0 Å². The number of benzene rings is 1. The van der Waals surface area contributed by atoms with Crippen molar-refractivity contribution in [2.45, 2.75) is 0 Å². The van der Waals surface area contributed by atoms with E-state index in [0.717, 1.165) is 6.07 Å². The first-order valence-electron chi connectivity index (χ1n) is 2.92. The molecule has 0 saturated heterocycles. The van der Waals surface area contributed by atoms with Gasteiger partial charge in [-0.15, -0.1) is 0 Å². The molecule has 0 aliphatic rings. The summed E-state index contributed by atoms with van der Waals surface area (Å²) >= 11 is 13.8. The predicted molar refractivity (Wildman–Crippen MR) is 50.8 cm³/mol. The standard InChI is InChI=1S/C6HBrCl2FNO2/c7-4-2(8)1-3(11(12)13)6(10)5(4)9/h1H. The average molecular weight is 289 g/mol. The van der Waals surface area contributed by atoms with Crippen molar-refractivity contribution in [3.05, 3.63) is 36.5 Å². The molecule has 0 aliphatic carbocycles. The Balaban J connectivity index is 3.50. The van der Waals surface area contributed by atoms with Gasteiger partial charge in [0.2, 0.25) is 5.82 Å². The third kappa shape index (κ3) is 1.92. The van der Waals surface area contributed by atoms with Crippen LogP contribution < -0.4 is 0 Å². The second-order valence-electron chi connectivity index (χ2n) is 2.08. The van der Waals surface area contributed by atoms with E-state index in [1.807, 2.05) is 0 Å². The maximum absolute atomic E-state index is 13.0. The molecule has 0 N–H and O–H groups in total. The van der Waals surface area contributed by atoms with Gasteiger partial charge in [-0.1, -0.05) is 23.2 Å². The lowest BCUT2D eigenvalue weighted by atomic mass is 10.3. The minimum absolute atomic E-state index is 0.00176. The van der Waals surface area contributed by atoms with E-state index in [9.17, 15) is 14.5 Å². The smallest absolute Gasteiger partial charge is 0.258 e. The van der Waals surface area contributed by atoms with Gasteiger partial charge >= 0.3 is 5.69 Å². The summed E-state index contributed by atoms with van der Waals surface area (Å²) in [7, 11) is 0. The molecule has 1 aromatic rings. The van der Waals surface area contributed by atoms with Crippen molar-refractivity contribution in [2.75, 3.05) is 0 Å². The first kappa shape index (κ1) is 10.7. The zero-order valence-electron chi connectivity index (χ0n) is 5.85. The van der Waals surface area contributed by atoms with E-state index in [0.29, 0.717) is 0 Å². The van der Waals surface area contributed by atoms with Crippen molar-refractivity contribution < 1.29 is 9.31 Å². The number of nitro groups is 1. The third-order valence-electron chi connectivity index (χ3n) is 1.28. The fraction of sp³-hybridized carbons (Fsp3) is 0. The molecule has 0 saturated carbocycles. The van der Waals surface area contributed by atoms with Gasteiger partial charge in [-0.25, -0.2) is 0 Å². The summed E-state index contributed by atoms with van der Waals surface area (Å²) in [5.74, 6) is -1.09. The van der Waals surface area contributed by atoms with E-state index < -0.39 is 16.4 Å². The molecule has 7 heteroatoms. The van der Waals surface area contributed by atoms with E-state index in [4.69, 9.17) is 23.2 Å². The minimum atomic E-state index is -1.09. The molecule has 0 atom stereocenters. The average Bonchev–Trinajstić information content (AvgIpc) is 2.07. The number of rotatable bonds is 1. The fourth-order valence-electron chi connectivity index (χ4n) is 0.693. The quantitative estimate of drug-likeness (QED) is 0.341. The SMILES string of the molecule is O=[N+]([O-])c1cc(Cl)c(Br)c(Cl)c1F. The molecule has 70 valence electrons. The molecule has 13 heavy (non-hydrogen) atoms. The van der Waals surface area contributed by atoms with Gasteiger partial charge in [-0.2, -0.15) is 4.39 Å². The Morgan fingerprint density at radius 3 is 2.54 bits per heavy atom. The zero-order chi connectivity index (χ0) is 10.2.